The summed E-state index contributed by atoms with van der Waals surface area (Å²) in [4.78, 5) is 0. The number of nitrogens with two attached hydrogens (primary N) is 1. The van der Waals surface area contributed by atoms with Crippen molar-refractivity contribution in [2.24, 2.45) is 7.05 Å². The highest BCUT2D eigenvalue weighted by Crippen LogP contribution is 2.13. The largest absolute Gasteiger partial charge is 0.384 e. The van der Waals surface area contributed by atoms with Crippen LogP contribution in [0.1, 0.15) is 11.1 Å². The molecule has 1 aromatic carbocycles. The minimum Gasteiger partial charge on any atom is -0.384 e. The molecule has 0 saturated carbocycles. The van der Waals surface area contributed by atoms with Gasteiger partial charge in [-0.2, -0.15) is 5.10 Å². The molecule has 0 fully saturated rings. The molecule has 3 N–H and O–H groups in total. The Kier molecular flexibility index (Phi) is 2.81. The number of anilines is 2. The van der Waals surface area contributed by atoms with Gasteiger partial charge in [-0.1, -0.05) is 17.7 Å². The van der Waals surface area contributed by atoms with Crippen molar-refractivity contribution >= 4 is 11.5 Å². The lowest BCUT2D eigenvalue weighted by Crippen LogP contribution is -2.03. The second kappa shape index (κ2) is 4.26. The summed E-state index contributed by atoms with van der Waals surface area (Å²) in [6, 6.07) is 8.27. The molecule has 1 aromatic heterocycles. The molecule has 4 heteroatoms. The van der Waals surface area contributed by atoms with Gasteiger partial charge in [0.2, 0.25) is 0 Å². The van der Waals surface area contributed by atoms with Crippen LogP contribution in [-0.4, -0.2) is 9.78 Å². The smallest absolute Gasteiger partial charge is 0.126 e. The van der Waals surface area contributed by atoms with Gasteiger partial charge in [0, 0.05) is 24.8 Å². The summed E-state index contributed by atoms with van der Waals surface area (Å²) in [5.74, 6) is 0.708. The Morgan fingerprint density at radius 3 is 2.56 bits per heavy atom. The summed E-state index contributed by atoms with van der Waals surface area (Å²) in [5, 5.41) is 7.40. The minimum atomic E-state index is 0.697. The average Bonchev–Trinajstić information content (AvgIpc) is 2.60. The first kappa shape index (κ1) is 10.5. The van der Waals surface area contributed by atoms with Crippen LogP contribution in [0.2, 0.25) is 0 Å². The van der Waals surface area contributed by atoms with Gasteiger partial charge in [-0.25, -0.2) is 0 Å². The van der Waals surface area contributed by atoms with Crippen molar-refractivity contribution in [2.45, 2.75) is 13.5 Å². The van der Waals surface area contributed by atoms with Gasteiger partial charge in [-0.15, -0.1) is 0 Å². The minimum absolute atomic E-state index is 0.697. The van der Waals surface area contributed by atoms with E-state index in [4.69, 9.17) is 5.73 Å². The molecular weight excluding hydrogens is 200 g/mol. The van der Waals surface area contributed by atoms with Gasteiger partial charge in [0.25, 0.3) is 0 Å². The number of aryl methyl sites for hydroxylation is 2. The fourth-order valence-electron chi connectivity index (χ4n) is 1.50. The lowest BCUT2D eigenvalue weighted by Gasteiger charge is -2.06. The fourth-order valence-corrected chi connectivity index (χ4v) is 1.50. The average molecular weight is 216 g/mol. The molecule has 0 bridgehead atoms. The molecule has 0 aliphatic heterocycles. The number of nitrogens with zero attached hydrogens (tertiary/aromatic N) is 2. The van der Waals surface area contributed by atoms with Crippen molar-refractivity contribution in [1.29, 1.82) is 0 Å². The summed E-state index contributed by atoms with van der Waals surface area (Å²) in [6.45, 7) is 2.77. The van der Waals surface area contributed by atoms with Crippen LogP contribution in [0.15, 0.2) is 30.5 Å². The second-order valence-corrected chi connectivity index (χ2v) is 3.90. The lowest BCUT2D eigenvalue weighted by atomic mass is 10.2. The molecule has 0 unspecified atom stereocenters. The Bertz CT molecular complexity index is 470. The Balaban J connectivity index is 2.02. The molecule has 0 radical (unpaired) electrons. The van der Waals surface area contributed by atoms with E-state index in [1.165, 1.54) is 5.56 Å². The molecule has 2 rings (SSSR count). The number of rotatable bonds is 3. The summed E-state index contributed by atoms with van der Waals surface area (Å²) in [5.41, 5.74) is 9.22. The van der Waals surface area contributed by atoms with E-state index in [-0.39, 0.29) is 0 Å². The third-order valence-corrected chi connectivity index (χ3v) is 2.60. The van der Waals surface area contributed by atoms with Crippen LogP contribution in [-0.2, 0) is 13.6 Å². The van der Waals surface area contributed by atoms with E-state index in [9.17, 15) is 0 Å². The molecule has 2 aromatic rings. The van der Waals surface area contributed by atoms with E-state index < -0.39 is 0 Å². The molecular formula is C12H16N4. The van der Waals surface area contributed by atoms with Gasteiger partial charge >= 0.3 is 0 Å². The van der Waals surface area contributed by atoms with E-state index in [2.05, 4.69) is 41.6 Å². The first-order valence-corrected chi connectivity index (χ1v) is 5.23. The zero-order valence-corrected chi connectivity index (χ0v) is 9.57. The fraction of sp³-hybridized carbons (Fsp3) is 0.250. The molecule has 0 saturated heterocycles. The maximum absolute atomic E-state index is 5.85. The van der Waals surface area contributed by atoms with E-state index in [0.717, 1.165) is 11.3 Å². The molecule has 0 aliphatic rings. The van der Waals surface area contributed by atoms with Crippen LogP contribution < -0.4 is 11.1 Å². The van der Waals surface area contributed by atoms with Crippen molar-refractivity contribution < 1.29 is 0 Å². The van der Waals surface area contributed by atoms with Gasteiger partial charge < -0.3 is 11.1 Å². The Labute approximate surface area is 95.1 Å². The van der Waals surface area contributed by atoms with Gasteiger partial charge in [-0.05, 0) is 19.1 Å². The van der Waals surface area contributed by atoms with Gasteiger partial charge in [0.05, 0.1) is 6.20 Å². The third-order valence-electron chi connectivity index (χ3n) is 2.60. The monoisotopic (exact) mass is 216 g/mol. The summed E-state index contributed by atoms with van der Waals surface area (Å²) in [6.07, 6.45) is 1.79. The molecule has 4 nitrogen and oxygen atoms in total. The number of nitrogens with one attached hydrogen (secondary N) is 1. The number of hydrogen-bond acceptors (Lipinski definition) is 3. The highest BCUT2D eigenvalue weighted by molar-refractivity contribution is 5.47. The van der Waals surface area contributed by atoms with Crippen molar-refractivity contribution in [2.75, 3.05) is 11.1 Å². The zero-order chi connectivity index (χ0) is 11.5. The van der Waals surface area contributed by atoms with Crippen molar-refractivity contribution in [1.82, 2.24) is 9.78 Å². The first-order chi connectivity index (χ1) is 7.66. The van der Waals surface area contributed by atoms with Crippen LogP contribution in [0.5, 0.6) is 0 Å². The summed E-state index contributed by atoms with van der Waals surface area (Å²) < 4.78 is 1.67. The van der Waals surface area contributed by atoms with Crippen molar-refractivity contribution in [3.05, 3.63) is 41.6 Å². The Morgan fingerprint density at radius 1 is 1.31 bits per heavy atom. The molecule has 0 amide bonds. The predicted octanol–water partition coefficient (Wildman–Crippen LogP) is 1.92. The number of aromatic nitrogens is 2. The highest BCUT2D eigenvalue weighted by Gasteiger charge is 2.03. The van der Waals surface area contributed by atoms with E-state index in [1.807, 2.05) is 7.05 Å². The maximum atomic E-state index is 5.85. The van der Waals surface area contributed by atoms with Crippen molar-refractivity contribution in [3.63, 3.8) is 0 Å². The van der Waals surface area contributed by atoms with Crippen LogP contribution >= 0.6 is 0 Å². The predicted molar refractivity (Wildman–Crippen MR) is 66.1 cm³/mol. The molecule has 1 heterocycles. The first-order valence-electron chi connectivity index (χ1n) is 5.23. The quantitative estimate of drug-likeness (QED) is 0.824. The van der Waals surface area contributed by atoms with E-state index in [0.29, 0.717) is 12.4 Å². The zero-order valence-electron chi connectivity index (χ0n) is 9.57. The van der Waals surface area contributed by atoms with E-state index in [1.54, 1.807) is 10.9 Å². The van der Waals surface area contributed by atoms with Crippen LogP contribution in [0.4, 0.5) is 11.5 Å². The van der Waals surface area contributed by atoms with Crippen LogP contribution in [0.25, 0.3) is 0 Å². The Hall–Kier alpha value is -1.97. The lowest BCUT2D eigenvalue weighted by molar-refractivity contribution is 0.778. The molecule has 16 heavy (non-hydrogen) atoms. The summed E-state index contributed by atoms with van der Waals surface area (Å²) in [7, 11) is 1.84. The van der Waals surface area contributed by atoms with Gasteiger partial charge in [-0.3, -0.25) is 4.68 Å². The van der Waals surface area contributed by atoms with Gasteiger partial charge in [0.1, 0.15) is 5.82 Å². The number of hydrogen-bond donors (Lipinski definition) is 2. The SMILES string of the molecule is Cc1ccc(NCc2cnn(C)c2N)cc1. The van der Waals surface area contributed by atoms with E-state index >= 15 is 0 Å². The highest BCUT2D eigenvalue weighted by atomic mass is 15.3. The molecule has 84 valence electrons. The normalized spacial score (nSPS) is 10.4. The summed E-state index contributed by atoms with van der Waals surface area (Å²) >= 11 is 0. The van der Waals surface area contributed by atoms with Crippen LogP contribution in [0, 0.1) is 6.92 Å². The second-order valence-electron chi connectivity index (χ2n) is 3.90. The van der Waals surface area contributed by atoms with Crippen molar-refractivity contribution in [3.8, 4) is 0 Å². The number of nitrogen functional groups attached to an aromatic ring is 1. The third kappa shape index (κ3) is 2.16. The number of benzene rings is 1. The Morgan fingerprint density at radius 2 is 2.00 bits per heavy atom. The molecule has 0 spiro atoms. The molecule has 0 atom stereocenters. The van der Waals surface area contributed by atoms with Gasteiger partial charge in [0.15, 0.2) is 0 Å². The topological polar surface area (TPSA) is 55.9 Å². The van der Waals surface area contributed by atoms with Crippen LogP contribution in [0.3, 0.4) is 0 Å². The maximum Gasteiger partial charge on any atom is 0.126 e. The molecule has 0 aliphatic carbocycles. The standard InChI is InChI=1S/C12H16N4/c1-9-3-5-11(6-4-9)14-7-10-8-15-16(2)12(10)13/h3-6,8,14H,7,13H2,1-2H3.